The van der Waals surface area contributed by atoms with Gasteiger partial charge in [-0.25, -0.2) is 4.39 Å². The van der Waals surface area contributed by atoms with E-state index in [1.54, 1.807) is 24.5 Å². The molecule has 5 nitrogen and oxygen atoms in total. The van der Waals surface area contributed by atoms with Crippen molar-refractivity contribution in [2.24, 2.45) is 0 Å². The van der Waals surface area contributed by atoms with Crippen LogP contribution in [-0.2, 0) is 11.3 Å². The monoisotopic (exact) mass is 318 g/mol. The van der Waals surface area contributed by atoms with Crippen LogP contribution in [-0.4, -0.2) is 19.1 Å². The van der Waals surface area contributed by atoms with Crippen LogP contribution in [0, 0.1) is 5.82 Å². The maximum atomic E-state index is 13.3. The lowest BCUT2D eigenvalue weighted by Gasteiger charge is -2.18. The molecule has 6 heteroatoms. The van der Waals surface area contributed by atoms with Gasteiger partial charge >= 0.3 is 0 Å². The number of hydrogen-bond donors (Lipinski definition) is 2. The zero-order chi connectivity index (χ0) is 16.1. The van der Waals surface area contributed by atoms with Gasteiger partial charge < -0.3 is 19.8 Å². The molecule has 0 aliphatic carbocycles. The Labute approximate surface area is 133 Å². The lowest BCUT2D eigenvalue weighted by Crippen LogP contribution is -2.35. The average molecular weight is 318 g/mol. The van der Waals surface area contributed by atoms with Gasteiger partial charge in [0.15, 0.2) is 0 Å². The molecule has 0 saturated heterocycles. The predicted octanol–water partition coefficient (Wildman–Crippen LogP) is 2.54. The lowest BCUT2D eigenvalue weighted by molar-refractivity contribution is -0.120. The average Bonchev–Trinajstić information content (AvgIpc) is 2.98. The van der Waals surface area contributed by atoms with Crippen molar-refractivity contribution in [2.75, 3.05) is 13.2 Å². The maximum absolute atomic E-state index is 13.3. The van der Waals surface area contributed by atoms with E-state index in [0.29, 0.717) is 24.7 Å². The first-order valence-corrected chi connectivity index (χ1v) is 7.67. The minimum absolute atomic E-state index is 0.0255. The first kappa shape index (κ1) is 15.6. The SMILES string of the molecule is O=C(CN[C@H]1CCCOc2cc(F)ccc21)NCc1ccco1. The van der Waals surface area contributed by atoms with Crippen molar-refractivity contribution in [1.29, 1.82) is 0 Å². The summed E-state index contributed by atoms with van der Waals surface area (Å²) in [4.78, 5) is 11.9. The van der Waals surface area contributed by atoms with Crippen LogP contribution in [0.2, 0.25) is 0 Å². The van der Waals surface area contributed by atoms with Crippen LogP contribution >= 0.6 is 0 Å². The number of fused-ring (bicyclic) bond motifs is 1. The summed E-state index contributed by atoms with van der Waals surface area (Å²) in [5.41, 5.74) is 0.891. The molecule has 1 amide bonds. The molecule has 3 rings (SSSR count). The molecule has 0 bridgehead atoms. The number of rotatable bonds is 5. The summed E-state index contributed by atoms with van der Waals surface area (Å²) in [6, 6.07) is 8.09. The highest BCUT2D eigenvalue weighted by atomic mass is 19.1. The Morgan fingerprint density at radius 1 is 1.35 bits per heavy atom. The highest BCUT2D eigenvalue weighted by Gasteiger charge is 2.20. The van der Waals surface area contributed by atoms with E-state index in [1.165, 1.54) is 12.1 Å². The fourth-order valence-electron chi connectivity index (χ4n) is 2.64. The van der Waals surface area contributed by atoms with Crippen LogP contribution in [0.15, 0.2) is 41.0 Å². The third kappa shape index (κ3) is 4.10. The summed E-state index contributed by atoms with van der Waals surface area (Å²) < 4.78 is 24.1. The minimum Gasteiger partial charge on any atom is -0.493 e. The van der Waals surface area contributed by atoms with Crippen molar-refractivity contribution in [3.8, 4) is 5.75 Å². The largest absolute Gasteiger partial charge is 0.493 e. The molecular formula is C17H19FN2O3. The van der Waals surface area contributed by atoms with E-state index in [-0.39, 0.29) is 24.3 Å². The van der Waals surface area contributed by atoms with E-state index < -0.39 is 0 Å². The molecular weight excluding hydrogens is 299 g/mol. The summed E-state index contributed by atoms with van der Waals surface area (Å²) in [6.45, 7) is 1.10. The van der Waals surface area contributed by atoms with Gasteiger partial charge in [-0.15, -0.1) is 0 Å². The zero-order valence-corrected chi connectivity index (χ0v) is 12.7. The Bertz CT molecular complexity index is 658. The standard InChI is InChI=1S/C17H19FN2O3/c18-12-5-6-14-15(4-2-8-23-16(14)9-12)19-11-17(21)20-10-13-3-1-7-22-13/h1,3,5-7,9,15,19H,2,4,8,10-11H2,(H,20,21)/t15-/m0/s1. The van der Waals surface area contributed by atoms with Crippen LogP contribution in [0.3, 0.4) is 0 Å². The number of halogens is 1. The zero-order valence-electron chi connectivity index (χ0n) is 12.7. The Kier molecular flexibility index (Phi) is 4.92. The number of ether oxygens (including phenoxy) is 1. The topological polar surface area (TPSA) is 63.5 Å². The number of hydrogen-bond acceptors (Lipinski definition) is 4. The van der Waals surface area contributed by atoms with Gasteiger partial charge in [-0.2, -0.15) is 0 Å². The first-order valence-electron chi connectivity index (χ1n) is 7.67. The van der Waals surface area contributed by atoms with Crippen molar-refractivity contribution in [1.82, 2.24) is 10.6 Å². The van der Waals surface area contributed by atoms with Gasteiger partial charge in [0, 0.05) is 17.7 Å². The molecule has 0 unspecified atom stereocenters. The number of nitrogens with one attached hydrogen (secondary N) is 2. The summed E-state index contributed by atoms with van der Waals surface area (Å²) in [6.07, 6.45) is 3.26. The second-order valence-corrected chi connectivity index (χ2v) is 5.46. The highest BCUT2D eigenvalue weighted by molar-refractivity contribution is 5.78. The molecule has 122 valence electrons. The van der Waals surface area contributed by atoms with Gasteiger partial charge in [0.2, 0.25) is 5.91 Å². The molecule has 0 saturated carbocycles. The van der Waals surface area contributed by atoms with Gasteiger partial charge in [0.05, 0.1) is 26.0 Å². The van der Waals surface area contributed by atoms with Gasteiger partial charge in [-0.3, -0.25) is 4.79 Å². The summed E-state index contributed by atoms with van der Waals surface area (Å²) in [5, 5.41) is 6.01. The number of benzene rings is 1. The lowest BCUT2D eigenvalue weighted by atomic mass is 10.0. The van der Waals surface area contributed by atoms with E-state index in [2.05, 4.69) is 10.6 Å². The van der Waals surface area contributed by atoms with Crippen LogP contribution in [0.1, 0.15) is 30.2 Å². The molecule has 1 atom stereocenters. The Morgan fingerprint density at radius 3 is 3.09 bits per heavy atom. The van der Waals surface area contributed by atoms with E-state index in [0.717, 1.165) is 18.4 Å². The maximum Gasteiger partial charge on any atom is 0.234 e. The normalized spacial score (nSPS) is 17.0. The van der Waals surface area contributed by atoms with E-state index in [9.17, 15) is 9.18 Å². The predicted molar refractivity (Wildman–Crippen MR) is 82.4 cm³/mol. The Balaban J connectivity index is 1.56. The third-order valence-corrected chi connectivity index (χ3v) is 3.79. The molecule has 1 aromatic carbocycles. The Morgan fingerprint density at radius 2 is 2.26 bits per heavy atom. The molecule has 2 heterocycles. The van der Waals surface area contributed by atoms with Gasteiger partial charge in [-0.05, 0) is 31.0 Å². The number of carbonyl (C=O) groups excluding carboxylic acids is 1. The minimum atomic E-state index is -0.319. The molecule has 2 N–H and O–H groups in total. The van der Waals surface area contributed by atoms with Crippen molar-refractivity contribution in [3.05, 3.63) is 53.7 Å². The quantitative estimate of drug-likeness (QED) is 0.889. The van der Waals surface area contributed by atoms with E-state index in [1.807, 2.05) is 0 Å². The number of carbonyl (C=O) groups is 1. The van der Waals surface area contributed by atoms with E-state index in [4.69, 9.17) is 9.15 Å². The van der Waals surface area contributed by atoms with Crippen molar-refractivity contribution < 1.29 is 18.3 Å². The fraction of sp³-hybridized carbons (Fsp3) is 0.353. The van der Waals surface area contributed by atoms with Crippen molar-refractivity contribution in [3.63, 3.8) is 0 Å². The van der Waals surface area contributed by atoms with Crippen LogP contribution in [0.4, 0.5) is 4.39 Å². The summed E-state index contributed by atoms with van der Waals surface area (Å²) in [5.74, 6) is 0.828. The highest BCUT2D eigenvalue weighted by Crippen LogP contribution is 2.31. The molecule has 0 fully saturated rings. The Hall–Kier alpha value is -2.34. The molecule has 2 aromatic rings. The molecule has 1 aliphatic heterocycles. The van der Waals surface area contributed by atoms with Gasteiger partial charge in [-0.1, -0.05) is 6.07 Å². The van der Waals surface area contributed by atoms with Crippen LogP contribution < -0.4 is 15.4 Å². The van der Waals surface area contributed by atoms with Crippen molar-refractivity contribution >= 4 is 5.91 Å². The van der Waals surface area contributed by atoms with Gasteiger partial charge in [0.1, 0.15) is 17.3 Å². The van der Waals surface area contributed by atoms with Gasteiger partial charge in [0.25, 0.3) is 0 Å². The molecule has 1 aromatic heterocycles. The number of furan rings is 1. The molecule has 23 heavy (non-hydrogen) atoms. The fourth-order valence-corrected chi connectivity index (χ4v) is 2.64. The molecule has 0 spiro atoms. The molecule has 0 radical (unpaired) electrons. The first-order chi connectivity index (χ1) is 11.2. The number of amides is 1. The molecule has 1 aliphatic rings. The van der Waals surface area contributed by atoms with Crippen LogP contribution in [0.5, 0.6) is 5.75 Å². The second kappa shape index (κ2) is 7.28. The van der Waals surface area contributed by atoms with Crippen LogP contribution in [0.25, 0.3) is 0 Å². The third-order valence-electron chi connectivity index (χ3n) is 3.79. The van der Waals surface area contributed by atoms with Crippen molar-refractivity contribution in [2.45, 2.75) is 25.4 Å². The summed E-state index contributed by atoms with van der Waals surface area (Å²) in [7, 11) is 0. The smallest absolute Gasteiger partial charge is 0.234 e. The van der Waals surface area contributed by atoms with E-state index >= 15 is 0 Å². The summed E-state index contributed by atoms with van der Waals surface area (Å²) >= 11 is 0. The second-order valence-electron chi connectivity index (χ2n) is 5.46.